The molecule has 0 spiro atoms. The molecule has 1 heterocycles. The average molecular weight is 234 g/mol. The molecule has 0 saturated carbocycles. The van der Waals surface area contributed by atoms with Gasteiger partial charge in [0.25, 0.3) is 0 Å². The van der Waals surface area contributed by atoms with Gasteiger partial charge < -0.3 is 14.3 Å². The monoisotopic (exact) mass is 234 g/mol. The lowest BCUT2D eigenvalue weighted by Gasteiger charge is -2.11. The Morgan fingerprint density at radius 1 is 1.41 bits per heavy atom. The number of carbonyl (C=O) groups is 1. The molecule has 0 amide bonds. The molecule has 0 aliphatic heterocycles. The molecule has 0 bridgehead atoms. The lowest BCUT2D eigenvalue weighted by Crippen LogP contribution is -2.23. The molecule has 5 nitrogen and oxygen atoms in total. The molecule has 5 heteroatoms. The van der Waals surface area contributed by atoms with E-state index in [2.05, 4.69) is 0 Å². The first-order chi connectivity index (χ1) is 8.08. The maximum Gasteiger partial charge on any atom is 0.344 e. The van der Waals surface area contributed by atoms with Crippen molar-refractivity contribution in [3.8, 4) is 5.75 Å². The van der Waals surface area contributed by atoms with Gasteiger partial charge >= 0.3 is 11.6 Å². The van der Waals surface area contributed by atoms with E-state index in [4.69, 9.17) is 14.3 Å². The van der Waals surface area contributed by atoms with E-state index in [0.29, 0.717) is 11.0 Å². The molecule has 2 rings (SSSR count). The second kappa shape index (κ2) is 4.29. The van der Waals surface area contributed by atoms with Gasteiger partial charge in [-0.05, 0) is 19.1 Å². The quantitative estimate of drug-likeness (QED) is 0.817. The van der Waals surface area contributed by atoms with Crippen molar-refractivity contribution < 1.29 is 19.1 Å². The van der Waals surface area contributed by atoms with Gasteiger partial charge in [0, 0.05) is 0 Å². The molecule has 0 fully saturated rings. The van der Waals surface area contributed by atoms with Crippen LogP contribution in [0.3, 0.4) is 0 Å². The summed E-state index contributed by atoms with van der Waals surface area (Å²) in [6.45, 7) is 1.39. The van der Waals surface area contributed by atoms with Crippen molar-refractivity contribution >= 4 is 16.9 Å². The molecule has 1 N–H and O–H groups in total. The third-order valence-electron chi connectivity index (χ3n) is 2.26. The molecule has 1 aromatic carbocycles. The fourth-order valence-electron chi connectivity index (χ4n) is 1.42. The summed E-state index contributed by atoms with van der Waals surface area (Å²) in [6, 6.07) is 7.93. The Balaban J connectivity index is 2.52. The summed E-state index contributed by atoms with van der Waals surface area (Å²) in [7, 11) is 0. The summed E-state index contributed by atoms with van der Waals surface area (Å²) in [6.07, 6.45) is -1.03. The van der Waals surface area contributed by atoms with Crippen LogP contribution in [0.2, 0.25) is 0 Å². The van der Waals surface area contributed by atoms with Crippen LogP contribution in [-0.2, 0) is 4.79 Å². The first kappa shape index (κ1) is 11.2. The minimum absolute atomic E-state index is 0.215. The number of carboxylic acids is 1. The van der Waals surface area contributed by atoms with Gasteiger partial charge in [0.15, 0.2) is 6.10 Å². The Morgan fingerprint density at radius 2 is 2.12 bits per heavy atom. The van der Waals surface area contributed by atoms with Crippen LogP contribution in [-0.4, -0.2) is 17.2 Å². The van der Waals surface area contributed by atoms with Crippen LogP contribution in [0.5, 0.6) is 5.75 Å². The number of fused-ring (bicyclic) bond motifs is 1. The molecule has 0 radical (unpaired) electrons. The zero-order valence-electron chi connectivity index (χ0n) is 9.04. The second-order valence-corrected chi connectivity index (χ2v) is 3.52. The van der Waals surface area contributed by atoms with Crippen molar-refractivity contribution in [1.82, 2.24) is 0 Å². The van der Waals surface area contributed by atoms with Crippen LogP contribution >= 0.6 is 0 Å². The van der Waals surface area contributed by atoms with E-state index in [1.807, 2.05) is 0 Å². The van der Waals surface area contributed by atoms with Crippen LogP contribution in [0, 0.1) is 0 Å². The summed E-state index contributed by atoms with van der Waals surface area (Å²) in [5.41, 5.74) is -0.205. The number of aliphatic carboxylic acids is 1. The average Bonchev–Trinajstić information content (AvgIpc) is 2.28. The van der Waals surface area contributed by atoms with Gasteiger partial charge in [-0.3, -0.25) is 0 Å². The number of hydrogen-bond donors (Lipinski definition) is 1. The topological polar surface area (TPSA) is 76.7 Å². The highest BCUT2D eigenvalue weighted by Crippen LogP contribution is 2.24. The third kappa shape index (κ3) is 2.28. The number of carboxylic acid groups (broad SMARTS) is 1. The van der Waals surface area contributed by atoms with Gasteiger partial charge in [0.2, 0.25) is 0 Å². The number of benzene rings is 1. The van der Waals surface area contributed by atoms with Crippen molar-refractivity contribution in [2.75, 3.05) is 0 Å². The number of rotatable bonds is 3. The molecule has 2 aromatic rings. The molecule has 0 saturated heterocycles. The van der Waals surface area contributed by atoms with Gasteiger partial charge in [0.1, 0.15) is 11.3 Å². The van der Waals surface area contributed by atoms with Crippen LogP contribution in [0.4, 0.5) is 0 Å². The minimum atomic E-state index is -1.10. The predicted octanol–water partition coefficient (Wildman–Crippen LogP) is 1.64. The predicted molar refractivity (Wildman–Crippen MR) is 60.2 cm³/mol. The molecular formula is C12H10O5. The molecular weight excluding hydrogens is 224 g/mol. The lowest BCUT2D eigenvalue weighted by atomic mass is 10.2. The first-order valence-electron chi connectivity index (χ1n) is 5.00. The van der Waals surface area contributed by atoms with Crippen molar-refractivity contribution in [1.29, 1.82) is 0 Å². The van der Waals surface area contributed by atoms with Crippen molar-refractivity contribution in [3.63, 3.8) is 0 Å². The summed E-state index contributed by atoms with van der Waals surface area (Å²) in [5.74, 6) is -0.880. The lowest BCUT2D eigenvalue weighted by molar-refractivity contribution is -0.144. The maximum absolute atomic E-state index is 11.3. The Kier molecular flexibility index (Phi) is 2.82. The molecule has 1 aromatic heterocycles. The van der Waals surface area contributed by atoms with Crippen molar-refractivity contribution in [2.45, 2.75) is 13.0 Å². The highest BCUT2D eigenvalue weighted by Gasteiger charge is 2.15. The highest BCUT2D eigenvalue weighted by molar-refractivity contribution is 5.83. The zero-order valence-corrected chi connectivity index (χ0v) is 9.04. The molecule has 0 aliphatic rings. The normalized spacial score (nSPS) is 12.3. The Morgan fingerprint density at radius 3 is 2.82 bits per heavy atom. The number of para-hydroxylation sites is 1. The van der Waals surface area contributed by atoms with E-state index in [-0.39, 0.29) is 5.75 Å². The molecule has 0 unspecified atom stereocenters. The Hall–Kier alpha value is -2.30. The number of hydrogen-bond acceptors (Lipinski definition) is 4. The summed E-state index contributed by atoms with van der Waals surface area (Å²) < 4.78 is 10.2. The Labute approximate surface area is 96.2 Å². The van der Waals surface area contributed by atoms with Crippen LogP contribution in [0.15, 0.2) is 39.5 Å². The molecule has 17 heavy (non-hydrogen) atoms. The smallest absolute Gasteiger partial charge is 0.344 e. The molecule has 1 atom stereocenters. The minimum Gasteiger partial charge on any atom is -0.479 e. The van der Waals surface area contributed by atoms with Gasteiger partial charge in [-0.1, -0.05) is 12.1 Å². The van der Waals surface area contributed by atoms with Crippen molar-refractivity contribution in [2.24, 2.45) is 0 Å². The highest BCUT2D eigenvalue weighted by atomic mass is 16.5. The van der Waals surface area contributed by atoms with E-state index in [9.17, 15) is 9.59 Å². The van der Waals surface area contributed by atoms with E-state index in [0.717, 1.165) is 6.07 Å². The van der Waals surface area contributed by atoms with E-state index < -0.39 is 17.7 Å². The fraction of sp³-hybridized carbons (Fsp3) is 0.167. The largest absolute Gasteiger partial charge is 0.479 e. The fourth-order valence-corrected chi connectivity index (χ4v) is 1.42. The zero-order chi connectivity index (χ0) is 12.4. The van der Waals surface area contributed by atoms with Gasteiger partial charge in [0.05, 0.1) is 11.5 Å². The van der Waals surface area contributed by atoms with Crippen molar-refractivity contribution in [3.05, 3.63) is 40.8 Å². The third-order valence-corrected chi connectivity index (χ3v) is 2.26. The van der Waals surface area contributed by atoms with E-state index in [1.54, 1.807) is 24.3 Å². The summed E-state index contributed by atoms with van der Waals surface area (Å²) >= 11 is 0. The SMILES string of the molecule is C[C@H](Oc1cc(=O)oc2ccccc12)C(=O)O. The van der Waals surface area contributed by atoms with E-state index >= 15 is 0 Å². The van der Waals surface area contributed by atoms with Crippen LogP contribution in [0.1, 0.15) is 6.92 Å². The van der Waals surface area contributed by atoms with Gasteiger partial charge in [-0.15, -0.1) is 0 Å². The molecule has 0 aliphatic carbocycles. The van der Waals surface area contributed by atoms with Gasteiger partial charge in [-0.25, -0.2) is 9.59 Å². The molecule has 88 valence electrons. The van der Waals surface area contributed by atoms with Crippen LogP contribution < -0.4 is 10.4 Å². The number of ether oxygens (including phenoxy) is 1. The summed E-state index contributed by atoms with van der Waals surface area (Å²) in [4.78, 5) is 22.0. The second-order valence-electron chi connectivity index (χ2n) is 3.52. The van der Waals surface area contributed by atoms with Crippen LogP contribution in [0.25, 0.3) is 11.0 Å². The standard InChI is InChI=1S/C12H10O5/c1-7(12(14)15)16-10-6-11(13)17-9-5-3-2-4-8(9)10/h2-7H,1H3,(H,14,15)/t7-/m0/s1. The summed E-state index contributed by atoms with van der Waals surface area (Å²) in [5, 5.41) is 9.33. The Bertz CT molecular complexity index is 614. The maximum atomic E-state index is 11.3. The van der Waals surface area contributed by atoms with E-state index in [1.165, 1.54) is 6.92 Å². The van der Waals surface area contributed by atoms with Gasteiger partial charge in [-0.2, -0.15) is 0 Å². The first-order valence-corrected chi connectivity index (χ1v) is 5.00.